The lowest BCUT2D eigenvalue weighted by molar-refractivity contribution is 0.102. The van der Waals surface area contributed by atoms with Crippen LogP contribution >= 0.6 is 34.5 Å². The molecule has 0 saturated heterocycles. The molecule has 3 aromatic heterocycles. The third-order valence-electron chi connectivity index (χ3n) is 4.94. The summed E-state index contributed by atoms with van der Waals surface area (Å²) >= 11 is 13.6. The fourth-order valence-electron chi connectivity index (χ4n) is 3.42. The Hall–Kier alpha value is -3.32. The molecular weight excluding hydrogens is 463 g/mol. The number of pyridine rings is 1. The molecule has 1 N–H and O–H groups in total. The minimum atomic E-state index is -0.276. The lowest BCUT2D eigenvalue weighted by Crippen LogP contribution is -2.11. The van der Waals surface area contributed by atoms with Gasteiger partial charge in [-0.05, 0) is 48.0 Å². The maximum absolute atomic E-state index is 12.7. The van der Waals surface area contributed by atoms with Gasteiger partial charge in [0.25, 0.3) is 5.91 Å². The molecule has 2 aromatic carbocycles. The van der Waals surface area contributed by atoms with Crippen LogP contribution in [-0.4, -0.2) is 20.9 Å². The minimum Gasteiger partial charge on any atom is -0.322 e. The van der Waals surface area contributed by atoms with Crippen LogP contribution in [-0.2, 0) is 0 Å². The van der Waals surface area contributed by atoms with Crippen molar-refractivity contribution in [3.8, 4) is 22.4 Å². The van der Waals surface area contributed by atoms with Crippen LogP contribution in [0.2, 0.25) is 10.0 Å². The number of nitrogens with zero attached hydrogens (tertiary/aromatic N) is 3. The molecule has 0 aliphatic heterocycles. The number of halogens is 2. The number of hydrogen-bond donors (Lipinski definition) is 1. The molecule has 0 aliphatic rings. The number of fused-ring (bicyclic) bond motifs is 1. The highest BCUT2D eigenvalue weighted by Crippen LogP contribution is 2.38. The van der Waals surface area contributed by atoms with Gasteiger partial charge in [-0.1, -0.05) is 35.3 Å². The van der Waals surface area contributed by atoms with E-state index >= 15 is 0 Å². The van der Waals surface area contributed by atoms with E-state index in [1.54, 1.807) is 48.3 Å². The Kier molecular flexibility index (Phi) is 5.57. The molecule has 0 spiro atoms. The normalized spacial score (nSPS) is 10.9. The van der Waals surface area contributed by atoms with Crippen LogP contribution in [0.3, 0.4) is 0 Å². The van der Waals surface area contributed by atoms with Crippen LogP contribution in [0.15, 0.2) is 78.7 Å². The fraction of sp³-hybridized carbons (Fsp3) is 0. The number of anilines is 1. The smallest absolute Gasteiger partial charge is 0.255 e. The molecule has 156 valence electrons. The number of carbonyl (C=O) groups excluding carboxylic acids is 1. The van der Waals surface area contributed by atoms with Crippen molar-refractivity contribution in [2.24, 2.45) is 0 Å². The second-order valence-corrected chi connectivity index (χ2v) is 8.62. The highest BCUT2D eigenvalue weighted by Gasteiger charge is 2.15. The zero-order chi connectivity index (χ0) is 22.1. The van der Waals surface area contributed by atoms with E-state index in [9.17, 15) is 4.79 Å². The van der Waals surface area contributed by atoms with Gasteiger partial charge in [0.2, 0.25) is 0 Å². The van der Waals surface area contributed by atoms with Gasteiger partial charge in [-0.15, -0.1) is 11.3 Å². The summed E-state index contributed by atoms with van der Waals surface area (Å²) in [5, 5.41) is 6.69. The molecule has 0 atom stereocenters. The van der Waals surface area contributed by atoms with Crippen molar-refractivity contribution >= 4 is 56.3 Å². The highest BCUT2D eigenvalue weighted by molar-refractivity contribution is 7.17. The molecule has 0 aliphatic carbocycles. The van der Waals surface area contributed by atoms with Gasteiger partial charge in [-0.3, -0.25) is 9.78 Å². The molecule has 0 fully saturated rings. The number of nitrogens with one attached hydrogen (secondary N) is 1. The van der Waals surface area contributed by atoms with E-state index in [0.29, 0.717) is 21.3 Å². The van der Waals surface area contributed by atoms with E-state index in [1.807, 2.05) is 36.4 Å². The van der Waals surface area contributed by atoms with Gasteiger partial charge >= 0.3 is 0 Å². The molecule has 1 amide bonds. The quantitative estimate of drug-likeness (QED) is 0.303. The van der Waals surface area contributed by atoms with Gasteiger partial charge < -0.3 is 5.32 Å². The van der Waals surface area contributed by atoms with E-state index in [2.05, 4.69) is 25.6 Å². The molecule has 0 saturated carbocycles. The monoisotopic (exact) mass is 476 g/mol. The van der Waals surface area contributed by atoms with Gasteiger partial charge in [0, 0.05) is 45.5 Å². The first-order valence-corrected chi connectivity index (χ1v) is 11.2. The molecule has 0 unspecified atom stereocenters. The predicted molar refractivity (Wildman–Crippen MR) is 130 cm³/mol. The van der Waals surface area contributed by atoms with Gasteiger partial charge in [-0.2, -0.15) is 0 Å². The Balaban J connectivity index is 1.53. The van der Waals surface area contributed by atoms with Crippen LogP contribution in [0.1, 0.15) is 10.4 Å². The van der Waals surface area contributed by atoms with Crippen LogP contribution in [0.25, 0.3) is 32.6 Å². The summed E-state index contributed by atoms with van der Waals surface area (Å²) in [5.41, 5.74) is 4.84. The standard InChI is InChI=1S/C24H14Cl2N4OS/c25-19-5-4-16(11-20(19)26)23(31)30-17-3-1-2-15(10-17)22-21-18(14-6-8-27-9-7-14)12-32-24(21)29-13-28-22/h1-13H,(H,30,31). The summed E-state index contributed by atoms with van der Waals surface area (Å²) in [4.78, 5) is 26.7. The average molecular weight is 477 g/mol. The molecule has 32 heavy (non-hydrogen) atoms. The van der Waals surface area contributed by atoms with Crippen LogP contribution in [0, 0.1) is 0 Å². The Morgan fingerprint density at radius 2 is 1.75 bits per heavy atom. The van der Waals surface area contributed by atoms with Crippen molar-refractivity contribution in [3.05, 3.63) is 94.3 Å². The van der Waals surface area contributed by atoms with Gasteiger partial charge in [0.1, 0.15) is 11.2 Å². The Morgan fingerprint density at radius 1 is 0.906 bits per heavy atom. The van der Waals surface area contributed by atoms with Crippen LogP contribution in [0.5, 0.6) is 0 Å². The van der Waals surface area contributed by atoms with Crippen molar-refractivity contribution in [2.45, 2.75) is 0 Å². The van der Waals surface area contributed by atoms with Crippen molar-refractivity contribution in [2.75, 3.05) is 5.32 Å². The summed E-state index contributed by atoms with van der Waals surface area (Å²) in [6.07, 6.45) is 5.09. The van der Waals surface area contributed by atoms with Crippen molar-refractivity contribution in [1.82, 2.24) is 15.0 Å². The summed E-state index contributed by atoms with van der Waals surface area (Å²) in [5.74, 6) is -0.276. The second-order valence-electron chi connectivity index (χ2n) is 6.95. The second kappa shape index (κ2) is 8.67. The summed E-state index contributed by atoms with van der Waals surface area (Å²) in [6, 6.07) is 16.3. The van der Waals surface area contributed by atoms with E-state index in [0.717, 1.165) is 32.6 Å². The van der Waals surface area contributed by atoms with Crippen molar-refractivity contribution < 1.29 is 4.79 Å². The SMILES string of the molecule is O=C(Nc1cccc(-c2ncnc3scc(-c4ccncc4)c23)c1)c1ccc(Cl)c(Cl)c1. The first kappa shape index (κ1) is 20.6. The Labute approximate surface area is 197 Å². The summed E-state index contributed by atoms with van der Waals surface area (Å²) in [7, 11) is 0. The Morgan fingerprint density at radius 3 is 2.56 bits per heavy atom. The maximum atomic E-state index is 12.7. The molecule has 5 aromatic rings. The predicted octanol–water partition coefficient (Wildman–Crippen LogP) is 6.98. The van der Waals surface area contributed by atoms with Crippen molar-refractivity contribution in [3.63, 3.8) is 0 Å². The van der Waals surface area contributed by atoms with E-state index in [4.69, 9.17) is 23.2 Å². The first-order valence-electron chi connectivity index (χ1n) is 9.59. The number of rotatable bonds is 4. The number of benzene rings is 2. The van der Waals surface area contributed by atoms with Gasteiger partial charge in [0.05, 0.1) is 15.7 Å². The van der Waals surface area contributed by atoms with E-state index in [1.165, 1.54) is 0 Å². The molecule has 0 radical (unpaired) electrons. The topological polar surface area (TPSA) is 67.8 Å². The number of amides is 1. The largest absolute Gasteiger partial charge is 0.322 e. The third-order valence-corrected chi connectivity index (χ3v) is 6.56. The zero-order valence-corrected chi connectivity index (χ0v) is 18.7. The zero-order valence-electron chi connectivity index (χ0n) is 16.4. The summed E-state index contributed by atoms with van der Waals surface area (Å²) in [6.45, 7) is 0. The minimum absolute atomic E-state index is 0.276. The lowest BCUT2D eigenvalue weighted by Gasteiger charge is -2.09. The molecule has 3 heterocycles. The van der Waals surface area contributed by atoms with Crippen LogP contribution in [0.4, 0.5) is 5.69 Å². The number of carbonyl (C=O) groups is 1. The maximum Gasteiger partial charge on any atom is 0.255 e. The number of aromatic nitrogens is 3. The van der Waals surface area contributed by atoms with E-state index < -0.39 is 0 Å². The van der Waals surface area contributed by atoms with Crippen LogP contribution < -0.4 is 5.32 Å². The summed E-state index contributed by atoms with van der Waals surface area (Å²) < 4.78 is 0. The van der Waals surface area contributed by atoms with Gasteiger partial charge in [-0.25, -0.2) is 9.97 Å². The molecule has 8 heteroatoms. The van der Waals surface area contributed by atoms with Crippen molar-refractivity contribution in [1.29, 1.82) is 0 Å². The average Bonchev–Trinajstić information content (AvgIpc) is 3.26. The number of hydrogen-bond acceptors (Lipinski definition) is 5. The van der Waals surface area contributed by atoms with E-state index in [-0.39, 0.29) is 5.91 Å². The first-order chi connectivity index (χ1) is 15.6. The molecule has 0 bridgehead atoms. The molecular formula is C24H14Cl2N4OS. The number of thiophene rings is 1. The lowest BCUT2D eigenvalue weighted by atomic mass is 10.0. The fourth-order valence-corrected chi connectivity index (χ4v) is 4.64. The van der Waals surface area contributed by atoms with Gasteiger partial charge in [0.15, 0.2) is 0 Å². The molecule has 5 rings (SSSR count). The highest BCUT2D eigenvalue weighted by atomic mass is 35.5. The third kappa shape index (κ3) is 3.96. The molecule has 5 nitrogen and oxygen atoms in total. The Bertz CT molecular complexity index is 1450.